The normalized spacial score (nSPS) is 12.1. The minimum atomic E-state index is -0.688. The number of nitrogens with zero attached hydrogens (tertiary/aromatic N) is 1. The average Bonchev–Trinajstić information content (AvgIpc) is 2.49. The highest BCUT2D eigenvalue weighted by atomic mass is 35.5. The number of ketones is 1. The fourth-order valence-corrected chi connectivity index (χ4v) is 0.865. The first kappa shape index (κ1) is 8.82. The summed E-state index contributed by atoms with van der Waals surface area (Å²) in [5.41, 5.74) is 0. The Morgan fingerprint density at radius 3 is 2.83 bits per heavy atom. The Kier molecular flexibility index (Phi) is 2.51. The maximum absolute atomic E-state index is 11.2. The molecule has 0 aliphatic rings. The standard InChI is InChI=1S/C8H6ClNO2/c1-5(4-10)8(11)6-2-3-7(9)12-6/h2-3,5H,1H3. The number of carbonyl (C=O) groups excluding carboxylic acids is 1. The molecule has 12 heavy (non-hydrogen) atoms. The Morgan fingerprint density at radius 2 is 2.42 bits per heavy atom. The second kappa shape index (κ2) is 3.42. The summed E-state index contributed by atoms with van der Waals surface area (Å²) in [6, 6.07) is 4.75. The van der Waals surface area contributed by atoms with Crippen molar-refractivity contribution < 1.29 is 9.21 Å². The lowest BCUT2D eigenvalue weighted by molar-refractivity contribution is 0.0929. The van der Waals surface area contributed by atoms with Crippen molar-refractivity contribution in [1.82, 2.24) is 0 Å². The number of hydrogen-bond acceptors (Lipinski definition) is 3. The fourth-order valence-electron chi connectivity index (χ4n) is 0.719. The van der Waals surface area contributed by atoms with E-state index in [1.54, 1.807) is 0 Å². The molecule has 0 radical (unpaired) electrons. The van der Waals surface area contributed by atoms with E-state index >= 15 is 0 Å². The van der Waals surface area contributed by atoms with Gasteiger partial charge in [-0.25, -0.2) is 0 Å². The van der Waals surface area contributed by atoms with Gasteiger partial charge >= 0.3 is 0 Å². The summed E-state index contributed by atoms with van der Waals surface area (Å²) in [4.78, 5) is 11.2. The summed E-state index contributed by atoms with van der Waals surface area (Å²) in [5, 5.41) is 8.58. The maximum Gasteiger partial charge on any atom is 0.214 e. The highest BCUT2D eigenvalue weighted by Gasteiger charge is 2.17. The molecule has 0 fully saturated rings. The highest BCUT2D eigenvalue weighted by Crippen LogP contribution is 2.16. The summed E-state index contributed by atoms with van der Waals surface area (Å²) < 4.78 is 4.83. The van der Waals surface area contributed by atoms with Crippen molar-refractivity contribution in [2.45, 2.75) is 6.92 Å². The van der Waals surface area contributed by atoms with Gasteiger partial charge in [-0.15, -0.1) is 0 Å². The van der Waals surface area contributed by atoms with E-state index in [4.69, 9.17) is 21.3 Å². The lowest BCUT2D eigenvalue weighted by Crippen LogP contribution is -2.07. The van der Waals surface area contributed by atoms with Crippen LogP contribution in [0.2, 0.25) is 5.22 Å². The SMILES string of the molecule is CC(C#N)C(=O)c1ccc(Cl)o1. The fraction of sp³-hybridized carbons (Fsp3) is 0.250. The molecule has 0 aromatic carbocycles. The Morgan fingerprint density at radius 1 is 1.75 bits per heavy atom. The summed E-state index contributed by atoms with van der Waals surface area (Å²) in [5.74, 6) is -0.898. The van der Waals surface area contributed by atoms with Crippen molar-refractivity contribution in [1.29, 1.82) is 5.26 Å². The van der Waals surface area contributed by atoms with Crippen molar-refractivity contribution >= 4 is 17.4 Å². The molecule has 0 spiro atoms. The first-order valence-electron chi connectivity index (χ1n) is 3.34. The van der Waals surface area contributed by atoms with Gasteiger partial charge in [0.15, 0.2) is 11.0 Å². The van der Waals surface area contributed by atoms with Gasteiger partial charge in [0.05, 0.1) is 6.07 Å². The van der Waals surface area contributed by atoms with Crippen LogP contribution >= 0.6 is 11.6 Å². The molecule has 0 aliphatic carbocycles. The van der Waals surface area contributed by atoms with Gasteiger partial charge in [0.25, 0.3) is 0 Å². The van der Waals surface area contributed by atoms with E-state index in [1.165, 1.54) is 19.1 Å². The van der Waals surface area contributed by atoms with Crippen LogP contribution in [0, 0.1) is 17.2 Å². The van der Waals surface area contributed by atoms with E-state index in [-0.39, 0.29) is 16.8 Å². The van der Waals surface area contributed by atoms with Gasteiger partial charge in [-0.2, -0.15) is 5.26 Å². The van der Waals surface area contributed by atoms with Crippen LogP contribution in [0.1, 0.15) is 17.5 Å². The second-order valence-corrected chi connectivity index (χ2v) is 2.69. The van der Waals surface area contributed by atoms with Gasteiger partial charge in [-0.3, -0.25) is 4.79 Å². The van der Waals surface area contributed by atoms with Crippen LogP contribution in [-0.4, -0.2) is 5.78 Å². The largest absolute Gasteiger partial charge is 0.442 e. The number of Topliss-reactive ketones (excluding diaryl/α,β-unsaturated/α-hetero) is 1. The first-order valence-corrected chi connectivity index (χ1v) is 3.72. The van der Waals surface area contributed by atoms with Crippen LogP contribution in [0.4, 0.5) is 0 Å². The van der Waals surface area contributed by atoms with Gasteiger partial charge in [-0.05, 0) is 30.7 Å². The molecule has 3 nitrogen and oxygen atoms in total. The van der Waals surface area contributed by atoms with E-state index < -0.39 is 5.92 Å². The molecule has 0 amide bonds. The Bertz CT molecular complexity index is 337. The van der Waals surface area contributed by atoms with Crippen LogP contribution in [0.25, 0.3) is 0 Å². The lowest BCUT2D eigenvalue weighted by Gasteiger charge is -1.95. The third-order valence-corrected chi connectivity index (χ3v) is 1.61. The molecule has 0 N–H and O–H groups in total. The monoisotopic (exact) mass is 183 g/mol. The van der Waals surface area contributed by atoms with Crippen LogP contribution in [0.5, 0.6) is 0 Å². The summed E-state index contributed by atoms with van der Waals surface area (Å²) >= 11 is 5.45. The molecule has 0 aliphatic heterocycles. The molecule has 4 heteroatoms. The van der Waals surface area contributed by atoms with Crippen LogP contribution in [-0.2, 0) is 0 Å². The average molecular weight is 184 g/mol. The first-order chi connectivity index (χ1) is 5.65. The van der Waals surface area contributed by atoms with Crippen molar-refractivity contribution in [3.05, 3.63) is 23.1 Å². The number of nitriles is 1. The number of furan rings is 1. The second-order valence-electron chi connectivity index (χ2n) is 2.32. The van der Waals surface area contributed by atoms with E-state index in [9.17, 15) is 4.79 Å². The zero-order valence-corrected chi connectivity index (χ0v) is 7.13. The molecule has 0 bridgehead atoms. The summed E-state index contributed by atoms with van der Waals surface area (Å²) in [6.07, 6.45) is 0. The molecule has 1 aromatic heterocycles. The lowest BCUT2D eigenvalue weighted by atomic mass is 10.1. The van der Waals surface area contributed by atoms with Crippen LogP contribution < -0.4 is 0 Å². The Balaban J connectivity index is 2.87. The van der Waals surface area contributed by atoms with Crippen molar-refractivity contribution in [2.75, 3.05) is 0 Å². The molecule has 1 atom stereocenters. The van der Waals surface area contributed by atoms with Crippen LogP contribution in [0.3, 0.4) is 0 Å². The summed E-state index contributed by atoms with van der Waals surface area (Å²) in [6.45, 7) is 1.51. The van der Waals surface area contributed by atoms with Crippen molar-refractivity contribution in [3.63, 3.8) is 0 Å². The van der Waals surface area contributed by atoms with Crippen molar-refractivity contribution in [3.8, 4) is 6.07 Å². The van der Waals surface area contributed by atoms with Gasteiger partial charge in [0, 0.05) is 0 Å². The Hall–Kier alpha value is -1.27. The van der Waals surface area contributed by atoms with E-state index in [0.29, 0.717) is 0 Å². The van der Waals surface area contributed by atoms with E-state index in [1.807, 2.05) is 6.07 Å². The predicted octanol–water partition coefficient (Wildman–Crippen LogP) is 2.28. The zero-order valence-electron chi connectivity index (χ0n) is 6.37. The van der Waals surface area contributed by atoms with Gasteiger partial charge in [0.2, 0.25) is 5.78 Å². The number of hydrogen-bond donors (Lipinski definition) is 0. The van der Waals surface area contributed by atoms with Gasteiger partial charge in [0.1, 0.15) is 5.92 Å². The molecule has 1 unspecified atom stereocenters. The Labute approximate surface area is 74.5 Å². The molecule has 1 aromatic rings. The third-order valence-electron chi connectivity index (χ3n) is 1.40. The number of carbonyl (C=O) groups is 1. The zero-order chi connectivity index (χ0) is 9.14. The maximum atomic E-state index is 11.2. The minimum absolute atomic E-state index is 0.133. The smallest absolute Gasteiger partial charge is 0.214 e. The molecular weight excluding hydrogens is 178 g/mol. The molecule has 1 heterocycles. The number of halogens is 1. The van der Waals surface area contributed by atoms with E-state index in [2.05, 4.69) is 0 Å². The van der Waals surface area contributed by atoms with E-state index in [0.717, 1.165) is 0 Å². The number of rotatable bonds is 2. The van der Waals surface area contributed by atoms with Crippen LogP contribution in [0.15, 0.2) is 16.5 Å². The summed E-state index contributed by atoms with van der Waals surface area (Å²) in [7, 11) is 0. The van der Waals surface area contributed by atoms with Gasteiger partial charge in [-0.1, -0.05) is 0 Å². The highest BCUT2D eigenvalue weighted by molar-refractivity contribution is 6.29. The minimum Gasteiger partial charge on any atom is -0.442 e. The topological polar surface area (TPSA) is 54.0 Å². The third kappa shape index (κ3) is 1.66. The molecular formula is C8H6ClNO2. The predicted molar refractivity (Wildman–Crippen MR) is 42.8 cm³/mol. The molecule has 0 saturated carbocycles. The quantitative estimate of drug-likeness (QED) is 0.661. The molecule has 0 saturated heterocycles. The van der Waals surface area contributed by atoms with Gasteiger partial charge < -0.3 is 4.42 Å². The van der Waals surface area contributed by atoms with Crippen molar-refractivity contribution in [2.24, 2.45) is 5.92 Å². The molecule has 62 valence electrons. The molecule has 1 rings (SSSR count).